The highest BCUT2D eigenvalue weighted by Crippen LogP contribution is 2.26. The molecule has 10 heteroatoms. The zero-order chi connectivity index (χ0) is 21.8. The van der Waals surface area contributed by atoms with E-state index in [1.807, 2.05) is 0 Å². The van der Waals surface area contributed by atoms with Crippen LogP contribution in [0.25, 0.3) is 0 Å². The van der Waals surface area contributed by atoms with Crippen molar-refractivity contribution < 1.29 is 23.0 Å². The predicted molar refractivity (Wildman–Crippen MR) is 127 cm³/mol. The monoisotopic (exact) mass is 554 g/mol. The highest BCUT2D eigenvalue weighted by Gasteiger charge is 2.16. The van der Waals surface area contributed by atoms with Gasteiger partial charge in [-0.05, 0) is 37.0 Å². The molecule has 176 valence electrons. The molecule has 0 bridgehead atoms. The van der Waals surface area contributed by atoms with Crippen LogP contribution >= 0.6 is 24.0 Å². The van der Waals surface area contributed by atoms with E-state index in [1.54, 1.807) is 19.2 Å². The Morgan fingerprint density at radius 1 is 1.16 bits per heavy atom. The summed E-state index contributed by atoms with van der Waals surface area (Å²) in [6, 6.07) is 4.63. The molecule has 2 rings (SSSR count). The van der Waals surface area contributed by atoms with Crippen molar-refractivity contribution in [2.45, 2.75) is 51.7 Å². The quantitative estimate of drug-likeness (QED) is 0.178. The summed E-state index contributed by atoms with van der Waals surface area (Å²) in [5, 5.41) is 9.07. The second-order valence-corrected chi connectivity index (χ2v) is 7.26. The van der Waals surface area contributed by atoms with Crippen molar-refractivity contribution in [3.63, 3.8) is 0 Å². The fraction of sp³-hybridized carbons (Fsp3) is 0.619. The Hall–Kier alpha value is -1.85. The van der Waals surface area contributed by atoms with Gasteiger partial charge < -0.3 is 25.4 Å². The van der Waals surface area contributed by atoms with E-state index < -0.39 is 6.61 Å². The van der Waals surface area contributed by atoms with Crippen molar-refractivity contribution in [1.29, 1.82) is 0 Å². The number of nitrogens with zero attached hydrogens (tertiary/aromatic N) is 1. The zero-order valence-electron chi connectivity index (χ0n) is 18.1. The molecule has 1 aromatic rings. The number of nitrogens with one attached hydrogen (secondary N) is 3. The summed E-state index contributed by atoms with van der Waals surface area (Å²) < 4.78 is 35.0. The average Bonchev–Trinajstić information content (AvgIpc) is 2.74. The van der Waals surface area contributed by atoms with Gasteiger partial charge in [0.15, 0.2) is 5.96 Å². The molecule has 3 N–H and O–H groups in total. The van der Waals surface area contributed by atoms with Crippen LogP contribution in [0.4, 0.5) is 8.78 Å². The molecule has 0 unspecified atom stereocenters. The first-order valence-corrected chi connectivity index (χ1v) is 10.3. The second kappa shape index (κ2) is 15.0. The van der Waals surface area contributed by atoms with E-state index in [2.05, 4.69) is 25.7 Å². The van der Waals surface area contributed by atoms with E-state index >= 15 is 0 Å². The van der Waals surface area contributed by atoms with Gasteiger partial charge in [0.2, 0.25) is 5.91 Å². The van der Waals surface area contributed by atoms with Crippen LogP contribution in [0, 0.1) is 5.92 Å². The molecule has 1 aromatic carbocycles. The maximum atomic E-state index is 12.6. The van der Waals surface area contributed by atoms with Gasteiger partial charge in [-0.2, -0.15) is 8.78 Å². The summed E-state index contributed by atoms with van der Waals surface area (Å²) in [5.74, 6) is 1.69. The first-order chi connectivity index (χ1) is 14.5. The molecule has 0 atom stereocenters. The van der Waals surface area contributed by atoms with Gasteiger partial charge in [0, 0.05) is 38.7 Å². The van der Waals surface area contributed by atoms with E-state index in [1.165, 1.54) is 32.4 Å². The number of methoxy groups -OCH3 is 1. The minimum Gasteiger partial charge on any atom is -0.497 e. The molecule has 0 saturated heterocycles. The summed E-state index contributed by atoms with van der Waals surface area (Å²) in [6.45, 7) is -1.72. The van der Waals surface area contributed by atoms with Gasteiger partial charge in [0.05, 0.1) is 7.11 Å². The minimum absolute atomic E-state index is 0. The first kappa shape index (κ1) is 27.2. The molecule has 1 amide bonds. The SMILES string of the molecule is CN=C(NCCNC(=O)CC1CCCCC1)NCc1cc(OC)ccc1OC(F)F.I. The normalized spacial score (nSPS) is 14.5. The fourth-order valence-corrected chi connectivity index (χ4v) is 3.54. The Labute approximate surface area is 199 Å². The summed E-state index contributed by atoms with van der Waals surface area (Å²) in [7, 11) is 3.11. The number of amides is 1. The van der Waals surface area contributed by atoms with Crippen LogP contribution in [0.2, 0.25) is 0 Å². The van der Waals surface area contributed by atoms with Gasteiger partial charge in [0.1, 0.15) is 11.5 Å². The Bertz CT molecular complexity index is 701. The van der Waals surface area contributed by atoms with Gasteiger partial charge in [-0.3, -0.25) is 9.79 Å². The smallest absolute Gasteiger partial charge is 0.387 e. The first-order valence-electron chi connectivity index (χ1n) is 10.3. The maximum absolute atomic E-state index is 12.6. The van der Waals surface area contributed by atoms with Crippen molar-refractivity contribution in [3.8, 4) is 11.5 Å². The second-order valence-electron chi connectivity index (χ2n) is 7.26. The van der Waals surface area contributed by atoms with Crippen LogP contribution in [0.3, 0.4) is 0 Å². The summed E-state index contributed by atoms with van der Waals surface area (Å²) in [6.07, 6.45) is 6.60. The number of hydrogen-bond donors (Lipinski definition) is 3. The van der Waals surface area contributed by atoms with Crippen molar-refractivity contribution in [1.82, 2.24) is 16.0 Å². The number of aliphatic imine (C=N–C) groups is 1. The molecule has 1 aliphatic rings. The van der Waals surface area contributed by atoms with Gasteiger partial charge in [0.25, 0.3) is 0 Å². The zero-order valence-corrected chi connectivity index (χ0v) is 20.4. The lowest BCUT2D eigenvalue weighted by atomic mass is 9.87. The number of carbonyl (C=O) groups excluding carboxylic acids is 1. The standard InChI is InChI=1S/C21H32F2N4O3.HI/c1-24-21(26-11-10-25-19(28)12-15-6-4-3-5-7-15)27-14-16-13-17(29-2)8-9-18(16)30-20(22)23;/h8-9,13,15,20H,3-7,10-12,14H2,1-2H3,(H,25,28)(H2,24,26,27);1H. The van der Waals surface area contributed by atoms with Gasteiger partial charge >= 0.3 is 6.61 Å². The van der Waals surface area contributed by atoms with Crippen LogP contribution in [-0.4, -0.2) is 45.7 Å². The third kappa shape index (κ3) is 10.3. The number of carbonyl (C=O) groups is 1. The summed E-state index contributed by atoms with van der Waals surface area (Å²) >= 11 is 0. The number of benzene rings is 1. The predicted octanol–water partition coefficient (Wildman–Crippen LogP) is 3.67. The molecular weight excluding hydrogens is 521 g/mol. The third-order valence-electron chi connectivity index (χ3n) is 5.09. The van der Waals surface area contributed by atoms with E-state index in [0.29, 0.717) is 42.7 Å². The highest BCUT2D eigenvalue weighted by molar-refractivity contribution is 14.0. The van der Waals surface area contributed by atoms with Gasteiger partial charge in [-0.15, -0.1) is 24.0 Å². The average molecular weight is 554 g/mol. The Morgan fingerprint density at radius 3 is 2.52 bits per heavy atom. The highest BCUT2D eigenvalue weighted by atomic mass is 127. The number of alkyl halides is 2. The van der Waals surface area contributed by atoms with Crippen molar-refractivity contribution in [3.05, 3.63) is 23.8 Å². The number of rotatable bonds is 10. The molecule has 1 fully saturated rings. The van der Waals surface area contributed by atoms with Crippen LogP contribution < -0.4 is 25.4 Å². The van der Waals surface area contributed by atoms with Crippen molar-refractivity contribution in [2.24, 2.45) is 10.9 Å². The number of guanidine groups is 1. The Balaban J connectivity index is 0.00000480. The van der Waals surface area contributed by atoms with Gasteiger partial charge in [-0.25, -0.2) is 0 Å². The van der Waals surface area contributed by atoms with E-state index in [0.717, 1.165) is 12.8 Å². The maximum Gasteiger partial charge on any atom is 0.387 e. The third-order valence-corrected chi connectivity index (χ3v) is 5.09. The number of halogens is 3. The fourth-order valence-electron chi connectivity index (χ4n) is 3.54. The molecule has 0 aliphatic heterocycles. The van der Waals surface area contributed by atoms with Crippen LogP contribution in [0.1, 0.15) is 44.1 Å². The molecule has 0 aromatic heterocycles. The minimum atomic E-state index is -2.91. The Kier molecular flexibility index (Phi) is 13.2. The molecule has 1 aliphatic carbocycles. The van der Waals surface area contributed by atoms with Crippen LogP contribution in [0.5, 0.6) is 11.5 Å². The molecule has 31 heavy (non-hydrogen) atoms. The van der Waals surface area contributed by atoms with Crippen LogP contribution in [0.15, 0.2) is 23.2 Å². The molecular formula is C21H33F2IN4O3. The molecule has 1 saturated carbocycles. The van der Waals surface area contributed by atoms with Crippen LogP contribution in [-0.2, 0) is 11.3 Å². The van der Waals surface area contributed by atoms with Gasteiger partial charge in [-0.1, -0.05) is 19.3 Å². The topological polar surface area (TPSA) is 84.0 Å². The summed E-state index contributed by atoms with van der Waals surface area (Å²) in [5.41, 5.74) is 0.512. The van der Waals surface area contributed by atoms with Crippen molar-refractivity contribution >= 4 is 35.8 Å². The van der Waals surface area contributed by atoms with E-state index in [-0.39, 0.29) is 42.2 Å². The lowest BCUT2D eigenvalue weighted by molar-refractivity contribution is -0.122. The number of hydrogen-bond acceptors (Lipinski definition) is 4. The lowest BCUT2D eigenvalue weighted by Gasteiger charge is -2.21. The molecule has 0 radical (unpaired) electrons. The lowest BCUT2D eigenvalue weighted by Crippen LogP contribution is -2.41. The molecule has 7 nitrogen and oxygen atoms in total. The van der Waals surface area contributed by atoms with E-state index in [4.69, 9.17) is 4.74 Å². The molecule has 0 spiro atoms. The molecule has 0 heterocycles. The number of ether oxygens (including phenoxy) is 2. The van der Waals surface area contributed by atoms with E-state index in [9.17, 15) is 13.6 Å². The largest absolute Gasteiger partial charge is 0.497 e. The Morgan fingerprint density at radius 2 is 1.87 bits per heavy atom. The summed E-state index contributed by atoms with van der Waals surface area (Å²) in [4.78, 5) is 16.2. The van der Waals surface area contributed by atoms with Crippen molar-refractivity contribution in [2.75, 3.05) is 27.2 Å².